The molecule has 0 unspecified atom stereocenters. The third-order valence-electron chi connectivity index (χ3n) is 4.46. The van der Waals surface area contributed by atoms with Gasteiger partial charge >= 0.3 is 0 Å². The number of nitrogens with two attached hydrogens (primary N) is 1. The van der Waals surface area contributed by atoms with E-state index in [1.807, 2.05) is 47.2 Å². The van der Waals surface area contributed by atoms with Gasteiger partial charge in [0, 0.05) is 29.5 Å². The second kappa shape index (κ2) is 7.40. The summed E-state index contributed by atoms with van der Waals surface area (Å²) in [5.41, 5.74) is 9.43. The van der Waals surface area contributed by atoms with Gasteiger partial charge in [-0.25, -0.2) is 0 Å². The predicted molar refractivity (Wildman–Crippen MR) is 109 cm³/mol. The number of aromatic nitrogens is 3. The van der Waals surface area contributed by atoms with Crippen LogP contribution in [0.25, 0.3) is 22.2 Å². The molecule has 0 aliphatic carbocycles. The lowest BCUT2D eigenvalue weighted by Gasteiger charge is -2.11. The van der Waals surface area contributed by atoms with Crippen LogP contribution in [0.5, 0.6) is 5.75 Å². The monoisotopic (exact) mass is 373 g/mol. The summed E-state index contributed by atoms with van der Waals surface area (Å²) in [6.45, 7) is 0.125. The minimum atomic E-state index is -0.197. The van der Waals surface area contributed by atoms with Crippen molar-refractivity contribution in [2.75, 3.05) is 18.2 Å². The Bertz CT molecular complexity index is 1150. The second-order valence-electron chi connectivity index (χ2n) is 6.28. The molecule has 0 saturated carbocycles. The molecule has 3 N–H and O–H groups in total. The van der Waals surface area contributed by atoms with E-state index in [1.165, 1.54) is 6.20 Å². The molecule has 1 aromatic carbocycles. The van der Waals surface area contributed by atoms with Crippen molar-refractivity contribution < 1.29 is 9.53 Å². The first-order valence-corrected chi connectivity index (χ1v) is 8.73. The normalized spacial score (nSPS) is 10.8. The van der Waals surface area contributed by atoms with Gasteiger partial charge in [-0.15, -0.1) is 0 Å². The molecule has 0 radical (unpaired) electrons. The molecule has 0 bridgehead atoms. The number of nitrogen functional groups attached to an aromatic ring is 1. The number of ether oxygens (including phenoxy) is 1. The summed E-state index contributed by atoms with van der Waals surface area (Å²) in [5.74, 6) is 0.553. The highest BCUT2D eigenvalue weighted by Crippen LogP contribution is 2.29. The van der Waals surface area contributed by atoms with Crippen molar-refractivity contribution in [3.8, 4) is 17.0 Å². The third kappa shape index (κ3) is 3.37. The molecular formula is C21H19N5O2. The Kier molecular flexibility index (Phi) is 4.63. The number of methoxy groups -OCH3 is 1. The molecule has 3 heterocycles. The fourth-order valence-corrected chi connectivity index (χ4v) is 3.12. The van der Waals surface area contributed by atoms with E-state index in [1.54, 1.807) is 25.6 Å². The van der Waals surface area contributed by atoms with Gasteiger partial charge in [0.1, 0.15) is 12.3 Å². The van der Waals surface area contributed by atoms with Crippen LogP contribution < -0.4 is 15.8 Å². The molecule has 1 amide bonds. The van der Waals surface area contributed by atoms with Crippen LogP contribution in [0.3, 0.4) is 0 Å². The van der Waals surface area contributed by atoms with Gasteiger partial charge in [-0.05, 0) is 30.3 Å². The van der Waals surface area contributed by atoms with Gasteiger partial charge in [0.2, 0.25) is 5.91 Å². The lowest BCUT2D eigenvalue weighted by molar-refractivity contribution is -0.116. The number of carbonyl (C=O) groups is 1. The van der Waals surface area contributed by atoms with Gasteiger partial charge in [0.25, 0.3) is 0 Å². The van der Waals surface area contributed by atoms with Gasteiger partial charge in [-0.3, -0.25) is 14.8 Å². The summed E-state index contributed by atoms with van der Waals surface area (Å²) >= 11 is 0. The molecule has 28 heavy (non-hydrogen) atoms. The van der Waals surface area contributed by atoms with E-state index >= 15 is 0 Å². The SMILES string of the molecule is COc1cccc(-c2nccc3ccn(CC(=O)Nc4cnccc4N)c23)c1. The van der Waals surface area contributed by atoms with Gasteiger partial charge < -0.3 is 20.4 Å². The van der Waals surface area contributed by atoms with Crippen LogP contribution in [0.4, 0.5) is 11.4 Å². The fraction of sp³-hybridized carbons (Fsp3) is 0.0952. The Hall–Kier alpha value is -3.87. The zero-order valence-electron chi connectivity index (χ0n) is 15.3. The number of hydrogen-bond donors (Lipinski definition) is 2. The molecule has 0 atom stereocenters. The summed E-state index contributed by atoms with van der Waals surface area (Å²) in [6.07, 6.45) is 6.75. The zero-order valence-corrected chi connectivity index (χ0v) is 15.3. The Labute approximate surface area is 161 Å². The highest BCUT2D eigenvalue weighted by molar-refractivity contribution is 5.97. The van der Waals surface area contributed by atoms with Crippen molar-refractivity contribution >= 4 is 28.2 Å². The second-order valence-corrected chi connectivity index (χ2v) is 6.28. The number of nitrogens with zero attached hydrogens (tertiary/aromatic N) is 3. The number of fused-ring (bicyclic) bond motifs is 1. The highest BCUT2D eigenvalue weighted by Gasteiger charge is 2.13. The topological polar surface area (TPSA) is 95.1 Å². The first-order valence-electron chi connectivity index (χ1n) is 8.73. The standard InChI is InChI=1S/C21H19N5O2/c1-28-16-4-2-3-15(11-16)20-21-14(5-9-24-20)7-10-26(21)13-19(27)25-18-12-23-8-6-17(18)22/h2-12H,13H2,1H3,(H2,22,23)(H,25,27). The fourth-order valence-electron chi connectivity index (χ4n) is 3.12. The molecule has 0 aliphatic rings. The van der Waals surface area contributed by atoms with Gasteiger partial charge in [0.15, 0.2) is 0 Å². The molecule has 7 nitrogen and oxygen atoms in total. The van der Waals surface area contributed by atoms with Crippen molar-refractivity contribution in [3.63, 3.8) is 0 Å². The first kappa shape index (κ1) is 17.5. The zero-order chi connectivity index (χ0) is 19.5. The summed E-state index contributed by atoms with van der Waals surface area (Å²) in [6, 6.07) is 13.2. The Balaban J connectivity index is 1.68. The van der Waals surface area contributed by atoms with Crippen molar-refractivity contribution in [2.45, 2.75) is 6.54 Å². The van der Waals surface area contributed by atoms with Crippen LogP contribution in [-0.2, 0) is 11.3 Å². The quantitative estimate of drug-likeness (QED) is 0.559. The molecule has 0 spiro atoms. The predicted octanol–water partition coefficient (Wildman–Crippen LogP) is 3.33. The Morgan fingerprint density at radius 3 is 2.93 bits per heavy atom. The largest absolute Gasteiger partial charge is 0.497 e. The third-order valence-corrected chi connectivity index (χ3v) is 4.46. The molecule has 140 valence electrons. The molecule has 4 aromatic rings. The number of rotatable bonds is 5. The van der Waals surface area contributed by atoms with E-state index in [2.05, 4.69) is 15.3 Å². The first-order chi connectivity index (χ1) is 13.7. The number of carbonyl (C=O) groups excluding carboxylic acids is 1. The average Bonchev–Trinajstić information content (AvgIpc) is 3.12. The summed E-state index contributed by atoms with van der Waals surface area (Å²) in [4.78, 5) is 21.1. The van der Waals surface area contributed by atoms with Crippen LogP contribution >= 0.6 is 0 Å². The van der Waals surface area contributed by atoms with Crippen molar-refractivity contribution in [1.82, 2.24) is 14.5 Å². The highest BCUT2D eigenvalue weighted by atomic mass is 16.5. The molecule has 0 saturated heterocycles. The Morgan fingerprint density at radius 2 is 2.11 bits per heavy atom. The summed E-state index contributed by atoms with van der Waals surface area (Å²) < 4.78 is 7.20. The number of hydrogen-bond acceptors (Lipinski definition) is 5. The molecular weight excluding hydrogens is 354 g/mol. The summed E-state index contributed by atoms with van der Waals surface area (Å²) in [5, 5.41) is 3.80. The van der Waals surface area contributed by atoms with E-state index in [9.17, 15) is 4.79 Å². The van der Waals surface area contributed by atoms with E-state index in [4.69, 9.17) is 10.5 Å². The maximum atomic E-state index is 12.6. The molecule has 0 fully saturated rings. The maximum absolute atomic E-state index is 12.6. The van der Waals surface area contributed by atoms with Crippen molar-refractivity contribution in [3.05, 3.63) is 67.3 Å². The molecule has 7 heteroatoms. The smallest absolute Gasteiger partial charge is 0.244 e. The van der Waals surface area contributed by atoms with Gasteiger partial charge in [-0.2, -0.15) is 0 Å². The van der Waals surface area contributed by atoms with Crippen LogP contribution in [0.1, 0.15) is 0 Å². The van der Waals surface area contributed by atoms with Crippen LogP contribution in [0.15, 0.2) is 67.3 Å². The van der Waals surface area contributed by atoms with E-state index < -0.39 is 0 Å². The molecule has 4 rings (SSSR count). The molecule has 3 aromatic heterocycles. The van der Waals surface area contributed by atoms with E-state index in [0.717, 1.165) is 27.9 Å². The minimum absolute atomic E-state index is 0.125. The number of benzene rings is 1. The number of anilines is 2. The number of pyridine rings is 2. The van der Waals surface area contributed by atoms with Crippen LogP contribution in [0, 0.1) is 0 Å². The lowest BCUT2D eigenvalue weighted by Crippen LogP contribution is -2.19. The van der Waals surface area contributed by atoms with Crippen molar-refractivity contribution in [2.24, 2.45) is 0 Å². The average molecular weight is 373 g/mol. The number of amides is 1. The van der Waals surface area contributed by atoms with Crippen LogP contribution in [-0.4, -0.2) is 27.6 Å². The van der Waals surface area contributed by atoms with Crippen LogP contribution in [0.2, 0.25) is 0 Å². The van der Waals surface area contributed by atoms with Gasteiger partial charge in [-0.1, -0.05) is 12.1 Å². The van der Waals surface area contributed by atoms with Gasteiger partial charge in [0.05, 0.1) is 35.9 Å². The minimum Gasteiger partial charge on any atom is -0.497 e. The Morgan fingerprint density at radius 1 is 1.21 bits per heavy atom. The lowest BCUT2D eigenvalue weighted by atomic mass is 10.1. The van der Waals surface area contributed by atoms with E-state index in [-0.39, 0.29) is 12.5 Å². The summed E-state index contributed by atoms with van der Waals surface area (Å²) in [7, 11) is 1.63. The van der Waals surface area contributed by atoms with E-state index in [0.29, 0.717) is 11.4 Å². The van der Waals surface area contributed by atoms with Crippen molar-refractivity contribution in [1.29, 1.82) is 0 Å². The maximum Gasteiger partial charge on any atom is 0.244 e. The molecule has 0 aliphatic heterocycles. The number of nitrogens with one attached hydrogen (secondary N) is 1.